The zero-order valence-corrected chi connectivity index (χ0v) is 18.4. The summed E-state index contributed by atoms with van der Waals surface area (Å²) in [5.41, 5.74) is -0.187. The fraction of sp³-hybridized carbons (Fsp3) is 0.375. The Morgan fingerprint density at radius 1 is 1.00 bits per heavy atom. The second-order valence-electron chi connectivity index (χ2n) is 8.18. The number of benzene rings is 2. The van der Waals surface area contributed by atoms with Crippen molar-refractivity contribution in [2.45, 2.75) is 45.1 Å². The molecule has 2 aromatic rings. The van der Waals surface area contributed by atoms with Crippen molar-refractivity contribution in [1.82, 2.24) is 0 Å². The number of hydrogen-bond acceptors (Lipinski definition) is 4. The average molecular weight is 479 g/mol. The van der Waals surface area contributed by atoms with Crippen molar-refractivity contribution in [3.05, 3.63) is 54.1 Å². The number of nitrogens with one attached hydrogen (secondary N) is 3. The lowest BCUT2D eigenvalue weighted by molar-refractivity contribution is -0.126. The van der Waals surface area contributed by atoms with Gasteiger partial charge < -0.3 is 20.8 Å². The molecule has 10 heteroatoms. The summed E-state index contributed by atoms with van der Waals surface area (Å²) in [5.74, 6) is -7.12. The van der Waals surface area contributed by atoms with Gasteiger partial charge in [-0.3, -0.25) is 9.59 Å². The Hall–Kier alpha value is -3.43. The fourth-order valence-corrected chi connectivity index (χ4v) is 3.99. The van der Waals surface area contributed by atoms with Gasteiger partial charge in [0.15, 0.2) is 5.92 Å². The Balaban J connectivity index is 1.70. The quantitative estimate of drug-likeness (QED) is 0.241. The van der Waals surface area contributed by atoms with Crippen LogP contribution in [-0.4, -0.2) is 24.1 Å². The summed E-state index contributed by atoms with van der Waals surface area (Å²) in [7, 11) is 0. The lowest BCUT2D eigenvalue weighted by Crippen LogP contribution is -2.38. The standard InChI is InChI=1S/C24H25F4N3O3/c1-14(29)20(21(32)30-17-9-11-19(12-10-17)34-23(25)26)22(33)31-18-8-4-7-16(13-18)24(27,28)15-5-2-3-6-15/h4,7-13,15,20,23,29H,2-3,5-6H2,1H3,(H,30,32)(H,31,33). The number of halogens is 4. The highest BCUT2D eigenvalue weighted by atomic mass is 19.3. The van der Waals surface area contributed by atoms with Gasteiger partial charge in [0.25, 0.3) is 5.92 Å². The molecule has 2 amide bonds. The molecule has 1 saturated carbocycles. The number of hydrogen-bond donors (Lipinski definition) is 3. The van der Waals surface area contributed by atoms with Crippen molar-refractivity contribution in [1.29, 1.82) is 5.41 Å². The highest BCUT2D eigenvalue weighted by Gasteiger charge is 2.42. The molecule has 1 aliphatic rings. The smallest absolute Gasteiger partial charge is 0.387 e. The van der Waals surface area contributed by atoms with E-state index in [0.29, 0.717) is 12.8 Å². The van der Waals surface area contributed by atoms with Gasteiger partial charge >= 0.3 is 6.61 Å². The first-order chi connectivity index (χ1) is 16.1. The lowest BCUT2D eigenvalue weighted by atomic mass is 9.93. The number of anilines is 2. The Kier molecular flexibility index (Phi) is 7.90. The van der Waals surface area contributed by atoms with Gasteiger partial charge in [-0.2, -0.15) is 8.78 Å². The number of ether oxygens (including phenoxy) is 1. The van der Waals surface area contributed by atoms with Gasteiger partial charge in [-0.15, -0.1) is 0 Å². The molecule has 1 fully saturated rings. The van der Waals surface area contributed by atoms with Crippen molar-refractivity contribution in [3.63, 3.8) is 0 Å². The zero-order valence-electron chi connectivity index (χ0n) is 18.4. The molecule has 3 rings (SSSR count). The first kappa shape index (κ1) is 25.2. The maximum atomic E-state index is 14.9. The first-order valence-corrected chi connectivity index (χ1v) is 10.8. The van der Waals surface area contributed by atoms with Crippen LogP contribution in [0.2, 0.25) is 0 Å². The minimum Gasteiger partial charge on any atom is -0.435 e. The Morgan fingerprint density at radius 3 is 2.15 bits per heavy atom. The second kappa shape index (κ2) is 10.7. The summed E-state index contributed by atoms with van der Waals surface area (Å²) < 4.78 is 58.5. The average Bonchev–Trinajstić information content (AvgIpc) is 3.30. The molecule has 3 N–H and O–H groups in total. The van der Waals surface area contributed by atoms with Gasteiger partial charge in [0.2, 0.25) is 11.8 Å². The van der Waals surface area contributed by atoms with Crippen LogP contribution in [0.25, 0.3) is 0 Å². The third-order valence-corrected chi connectivity index (χ3v) is 5.69. The van der Waals surface area contributed by atoms with E-state index in [9.17, 15) is 27.2 Å². The predicted molar refractivity (Wildman–Crippen MR) is 120 cm³/mol. The van der Waals surface area contributed by atoms with Crippen molar-refractivity contribution < 1.29 is 31.9 Å². The van der Waals surface area contributed by atoms with Gasteiger partial charge in [-0.25, -0.2) is 8.78 Å². The minimum absolute atomic E-state index is 0.0905. The molecular formula is C24H25F4N3O3. The first-order valence-electron chi connectivity index (χ1n) is 10.8. The summed E-state index contributed by atoms with van der Waals surface area (Å²) in [5, 5.41) is 12.8. The molecule has 1 unspecified atom stereocenters. The molecule has 0 radical (unpaired) electrons. The SMILES string of the molecule is CC(=N)C(C(=O)Nc1ccc(OC(F)F)cc1)C(=O)Nc1cccc(C(F)(F)C2CCCC2)c1. The van der Waals surface area contributed by atoms with E-state index < -0.39 is 36.2 Å². The van der Waals surface area contributed by atoms with Gasteiger partial charge in [-0.1, -0.05) is 25.0 Å². The van der Waals surface area contributed by atoms with Crippen LogP contribution in [0.1, 0.15) is 38.2 Å². The molecule has 0 spiro atoms. The van der Waals surface area contributed by atoms with Crippen LogP contribution in [0.15, 0.2) is 48.5 Å². The highest BCUT2D eigenvalue weighted by Crippen LogP contribution is 2.45. The number of carbonyl (C=O) groups is 2. The van der Waals surface area contributed by atoms with E-state index >= 15 is 0 Å². The summed E-state index contributed by atoms with van der Waals surface area (Å²) in [6.45, 7) is -1.72. The van der Waals surface area contributed by atoms with Crippen molar-refractivity contribution in [3.8, 4) is 5.75 Å². The number of rotatable bonds is 9. The Labute approximate surface area is 194 Å². The van der Waals surface area contributed by atoms with Crippen LogP contribution in [-0.2, 0) is 15.5 Å². The number of amides is 2. The van der Waals surface area contributed by atoms with Crippen molar-refractivity contribution in [2.75, 3.05) is 10.6 Å². The number of alkyl halides is 4. The van der Waals surface area contributed by atoms with Crippen LogP contribution in [0.3, 0.4) is 0 Å². The molecule has 2 aromatic carbocycles. The molecule has 0 aromatic heterocycles. The molecule has 34 heavy (non-hydrogen) atoms. The van der Waals surface area contributed by atoms with E-state index in [1.54, 1.807) is 0 Å². The topological polar surface area (TPSA) is 91.3 Å². The third-order valence-electron chi connectivity index (χ3n) is 5.69. The monoisotopic (exact) mass is 479 g/mol. The van der Waals surface area contributed by atoms with E-state index in [-0.39, 0.29) is 28.4 Å². The van der Waals surface area contributed by atoms with E-state index in [1.807, 2.05) is 0 Å². The Morgan fingerprint density at radius 2 is 1.59 bits per heavy atom. The minimum atomic E-state index is -3.04. The molecule has 1 aliphatic carbocycles. The van der Waals surface area contributed by atoms with Gasteiger partial charge in [-0.05, 0) is 56.2 Å². The van der Waals surface area contributed by atoms with Crippen LogP contribution in [0, 0.1) is 17.2 Å². The largest absolute Gasteiger partial charge is 0.435 e. The predicted octanol–water partition coefficient (Wildman–Crippen LogP) is 5.80. The normalized spacial score (nSPS) is 15.1. The molecule has 0 saturated heterocycles. The second-order valence-corrected chi connectivity index (χ2v) is 8.18. The Bertz CT molecular complexity index is 1040. The summed E-state index contributed by atoms with van der Waals surface area (Å²) in [4.78, 5) is 25.4. The van der Waals surface area contributed by atoms with E-state index in [2.05, 4.69) is 15.4 Å². The van der Waals surface area contributed by atoms with Crippen molar-refractivity contribution in [2.24, 2.45) is 11.8 Å². The van der Waals surface area contributed by atoms with Gasteiger partial charge in [0.1, 0.15) is 5.75 Å². The molecule has 182 valence electrons. The van der Waals surface area contributed by atoms with Crippen LogP contribution in [0.5, 0.6) is 5.75 Å². The molecular weight excluding hydrogens is 454 g/mol. The van der Waals surface area contributed by atoms with E-state index in [0.717, 1.165) is 12.8 Å². The van der Waals surface area contributed by atoms with Gasteiger partial charge in [0.05, 0.1) is 0 Å². The number of carbonyl (C=O) groups excluding carboxylic acids is 2. The van der Waals surface area contributed by atoms with Crippen molar-refractivity contribution >= 4 is 28.9 Å². The molecule has 0 bridgehead atoms. The summed E-state index contributed by atoms with van der Waals surface area (Å²) >= 11 is 0. The van der Waals surface area contributed by atoms with Crippen LogP contribution < -0.4 is 15.4 Å². The lowest BCUT2D eigenvalue weighted by Gasteiger charge is -2.24. The molecule has 0 aliphatic heterocycles. The summed E-state index contributed by atoms with van der Waals surface area (Å²) in [6.07, 6.45) is 2.39. The maximum absolute atomic E-state index is 14.9. The van der Waals surface area contributed by atoms with Crippen LogP contribution >= 0.6 is 0 Å². The molecule has 1 atom stereocenters. The fourth-order valence-electron chi connectivity index (χ4n) is 3.99. The highest BCUT2D eigenvalue weighted by molar-refractivity contribution is 6.24. The maximum Gasteiger partial charge on any atom is 0.387 e. The van der Waals surface area contributed by atoms with Crippen LogP contribution in [0.4, 0.5) is 28.9 Å². The van der Waals surface area contributed by atoms with E-state index in [1.165, 1.54) is 55.5 Å². The third kappa shape index (κ3) is 6.12. The molecule has 6 nitrogen and oxygen atoms in total. The zero-order chi connectivity index (χ0) is 24.9. The molecule has 0 heterocycles. The van der Waals surface area contributed by atoms with Gasteiger partial charge in [0, 0.05) is 28.6 Å². The summed E-state index contributed by atoms with van der Waals surface area (Å²) in [6, 6.07) is 10.4. The van der Waals surface area contributed by atoms with E-state index in [4.69, 9.17) is 5.41 Å².